The number of carboxylic acids is 2. The largest absolute Gasteiger partial charge is 0.477 e. The predicted octanol–water partition coefficient (Wildman–Crippen LogP) is -0.648. The minimum atomic E-state index is -1.31. The van der Waals surface area contributed by atoms with E-state index in [4.69, 9.17) is 30.6 Å². The van der Waals surface area contributed by atoms with Crippen LogP contribution >= 0.6 is 46.2 Å². The quantitative estimate of drug-likeness (QED) is 0.0150. The minimum Gasteiger partial charge on any atom is -0.477 e. The van der Waals surface area contributed by atoms with E-state index in [2.05, 4.69) is 30.9 Å². The summed E-state index contributed by atoms with van der Waals surface area (Å²) in [5, 5.41) is 35.4. The van der Waals surface area contributed by atoms with E-state index in [1.54, 1.807) is 70.0 Å². The molecule has 8 N–H and O–H groups in total. The topological polar surface area (TPSA) is 361 Å². The molecule has 8 heterocycles. The molecule has 0 bridgehead atoms. The number of nitrogens with two attached hydrogens (primary N) is 2. The van der Waals surface area contributed by atoms with Crippen LogP contribution in [0.4, 0.5) is 16.0 Å². The Hall–Kier alpha value is -8.04. The molecule has 8 rings (SSSR count). The molecule has 32 heteroatoms. The van der Waals surface area contributed by atoms with Gasteiger partial charge < -0.3 is 61.3 Å². The summed E-state index contributed by atoms with van der Waals surface area (Å²) in [6.45, 7) is 4.28. The number of aliphatic carboxylic acids is 2. The van der Waals surface area contributed by atoms with Crippen molar-refractivity contribution in [3.05, 3.63) is 99.3 Å². The van der Waals surface area contributed by atoms with Crippen LogP contribution in [0.25, 0.3) is 0 Å². The molecule has 4 aliphatic rings. The highest BCUT2D eigenvalue weighted by atomic mass is 32.2. The van der Waals surface area contributed by atoms with E-state index >= 15 is 0 Å². The maximum atomic E-state index is 13.4. The van der Waals surface area contributed by atoms with Crippen LogP contribution in [0.15, 0.2) is 92.7 Å². The molecule has 0 radical (unpaired) electrons. The summed E-state index contributed by atoms with van der Waals surface area (Å²) in [5.41, 5.74) is 13.3. The van der Waals surface area contributed by atoms with E-state index < -0.39 is 58.4 Å². The Bertz CT molecular complexity index is 3240. The zero-order valence-corrected chi connectivity index (χ0v) is 47.2. The third-order valence-corrected chi connectivity index (χ3v) is 16.8. The van der Waals surface area contributed by atoms with Gasteiger partial charge in [-0.3, -0.25) is 38.6 Å². The average molecular weight is 1190 g/mol. The minimum absolute atomic E-state index is 0.0148. The molecule has 6 amide bonds. The number of anilines is 3. The second-order valence-corrected chi connectivity index (χ2v) is 21.9. The van der Waals surface area contributed by atoms with Crippen LogP contribution in [-0.4, -0.2) is 182 Å². The van der Waals surface area contributed by atoms with Crippen LogP contribution in [0.1, 0.15) is 30.8 Å². The van der Waals surface area contributed by atoms with Crippen molar-refractivity contribution in [2.45, 2.75) is 56.3 Å². The Labute approximate surface area is 478 Å². The number of pyridine rings is 2. The van der Waals surface area contributed by atoms with E-state index in [0.717, 1.165) is 33.1 Å². The van der Waals surface area contributed by atoms with Gasteiger partial charge in [0.05, 0.1) is 13.2 Å². The summed E-state index contributed by atoms with van der Waals surface area (Å²) in [6.07, 6.45) is 6.90. The van der Waals surface area contributed by atoms with Crippen molar-refractivity contribution in [2.24, 2.45) is 10.3 Å². The standard InChI is InChI=1S/C49H54N14O14S4/c1-5-60(16-26-9-12-58(13-10-26)17-27-22-78-44-36(42(68)62(44)38(27)46(70)71)54-40(66)34(56-74-3)30-24-80-48(50)52-30)32(64)20-76-14-15-77-21-33(65)61(6-2)29-8-7-11-59(19-29)18-28-23-79-45-37(43(69)63(45)39(28)47(72)73)55-41(67)35(57-75-4)31-25-81-49(51)53-31/h7-13,19,24-25,36-37,44-45H,5-6,14-18,20-23H2,1-4H3,(H6-2,50,51,52,53,54,55,66,67,70,71,72,73)/p+2/b56-34-,57-35+. The number of fused-ring (bicyclic) bond motifs is 2. The summed E-state index contributed by atoms with van der Waals surface area (Å²) in [4.78, 5) is 128. The Morgan fingerprint density at radius 3 is 1.67 bits per heavy atom. The van der Waals surface area contributed by atoms with Crippen molar-refractivity contribution in [1.29, 1.82) is 0 Å². The van der Waals surface area contributed by atoms with E-state index in [1.807, 2.05) is 6.92 Å². The highest BCUT2D eigenvalue weighted by molar-refractivity contribution is 8.00. The number of rotatable bonds is 26. The smallest absolute Gasteiger partial charge is 0.352 e. The lowest BCUT2D eigenvalue weighted by Crippen LogP contribution is -2.71. The molecule has 0 aromatic carbocycles. The molecular formula is C49H56N14O14S4+2. The Morgan fingerprint density at radius 1 is 0.728 bits per heavy atom. The SMILES string of the molecule is CCN(Cc1cc[n+](CC2=C(C(=O)O)N3C(=O)C(NC(=O)/C(=N\OC)c4csc(N)n4)C3SC2)cc1)C(=O)COCCOCC(=O)N(CC)c1ccc[n+](CC2=C(C(=O)O)N3C(=O)C(NC(=O)/C(=N/OC)c4csc(N)n4)C3SC2)c1. The van der Waals surface area contributed by atoms with Crippen molar-refractivity contribution in [2.75, 3.05) is 81.6 Å². The fourth-order valence-electron chi connectivity index (χ4n) is 9.02. The number of hydrogen-bond acceptors (Lipinski definition) is 22. The van der Waals surface area contributed by atoms with Crippen LogP contribution in [0.5, 0.6) is 0 Å². The molecular weight excluding hydrogens is 1140 g/mol. The number of amides is 6. The van der Waals surface area contributed by atoms with Gasteiger partial charge in [-0.05, 0) is 25.5 Å². The van der Waals surface area contributed by atoms with Gasteiger partial charge in [0, 0.05) is 71.2 Å². The monoisotopic (exact) mass is 1190 g/mol. The number of carbonyl (C=O) groups excluding carboxylic acids is 6. The normalized spacial score (nSPS) is 18.8. The number of carbonyl (C=O) groups is 8. The fourth-order valence-corrected chi connectivity index (χ4v) is 12.8. The first kappa shape index (κ1) is 59.1. The van der Waals surface area contributed by atoms with Gasteiger partial charge in [0.25, 0.3) is 29.5 Å². The summed E-state index contributed by atoms with van der Waals surface area (Å²) in [6, 6.07) is 4.99. The molecule has 4 aliphatic heterocycles. The molecule has 2 saturated heterocycles. The van der Waals surface area contributed by atoms with Crippen LogP contribution in [-0.2, 0) is 77.1 Å². The van der Waals surface area contributed by atoms with Crippen LogP contribution in [0.3, 0.4) is 0 Å². The van der Waals surface area contributed by atoms with E-state index in [0.29, 0.717) is 23.4 Å². The van der Waals surface area contributed by atoms with Crippen molar-refractivity contribution >= 4 is 121 Å². The maximum absolute atomic E-state index is 13.4. The van der Waals surface area contributed by atoms with Gasteiger partial charge in [-0.15, -0.1) is 46.2 Å². The molecule has 4 atom stereocenters. The number of likely N-dealkylation sites (N-methyl/N-ethyl adjacent to an activating group) is 2. The highest BCUT2D eigenvalue weighted by Crippen LogP contribution is 2.42. The lowest BCUT2D eigenvalue weighted by Gasteiger charge is -2.49. The number of nitrogen functional groups attached to an aromatic ring is 2. The fraction of sp³-hybridized carbons (Fsp3) is 0.388. The second kappa shape index (κ2) is 26.5. The molecule has 0 aliphatic carbocycles. The molecule has 0 spiro atoms. The van der Waals surface area contributed by atoms with Gasteiger partial charge in [-0.2, -0.15) is 4.57 Å². The number of hydrogen-bond donors (Lipinski definition) is 6. The number of carboxylic acid groups (broad SMARTS) is 2. The number of oxime groups is 2. The number of thioether (sulfide) groups is 2. The molecule has 28 nitrogen and oxygen atoms in total. The molecule has 0 saturated carbocycles. The first-order valence-electron chi connectivity index (χ1n) is 24.7. The number of nitrogens with one attached hydrogen (secondary N) is 2. The second-order valence-electron chi connectivity index (χ2n) is 17.9. The highest BCUT2D eigenvalue weighted by Gasteiger charge is 2.56. The molecule has 4 aromatic rings. The molecule has 428 valence electrons. The first-order valence-corrected chi connectivity index (χ1v) is 28.6. The zero-order valence-electron chi connectivity index (χ0n) is 43.9. The average Bonchev–Trinajstić information content (AvgIpc) is 4.25. The van der Waals surface area contributed by atoms with Gasteiger partial charge >= 0.3 is 11.9 Å². The Kier molecular flexibility index (Phi) is 19.3. The van der Waals surface area contributed by atoms with Gasteiger partial charge in [-0.1, -0.05) is 10.3 Å². The molecule has 2 fully saturated rings. The van der Waals surface area contributed by atoms with Crippen LogP contribution in [0, 0.1) is 0 Å². The number of nitrogens with zero attached hydrogens (tertiary/aromatic N) is 10. The van der Waals surface area contributed by atoms with E-state index in [-0.39, 0.29) is 120 Å². The number of β-lactam (4-membered cyclic amide) rings is 2. The lowest BCUT2D eigenvalue weighted by atomic mass is 10.0. The summed E-state index contributed by atoms with van der Waals surface area (Å²) in [5.74, 6) is -5.42. The number of aromatic nitrogens is 4. The van der Waals surface area contributed by atoms with Crippen molar-refractivity contribution in [1.82, 2.24) is 35.3 Å². The van der Waals surface area contributed by atoms with Crippen molar-refractivity contribution in [3.8, 4) is 0 Å². The Morgan fingerprint density at radius 2 is 1.22 bits per heavy atom. The van der Waals surface area contributed by atoms with Crippen molar-refractivity contribution in [3.63, 3.8) is 0 Å². The Balaban J connectivity index is 0.773. The third kappa shape index (κ3) is 13.3. The van der Waals surface area contributed by atoms with Gasteiger partial charge in [-0.25, -0.2) is 24.1 Å². The first-order chi connectivity index (χ1) is 39.0. The molecule has 81 heavy (non-hydrogen) atoms. The third-order valence-electron chi connectivity index (χ3n) is 12.8. The number of ether oxygens (including phenoxy) is 2. The van der Waals surface area contributed by atoms with Crippen molar-refractivity contribution < 1.29 is 76.9 Å². The van der Waals surface area contributed by atoms with Crippen LogP contribution in [0.2, 0.25) is 0 Å². The lowest BCUT2D eigenvalue weighted by molar-refractivity contribution is -0.689. The van der Waals surface area contributed by atoms with Gasteiger partial charge in [0.1, 0.15) is 78.7 Å². The van der Waals surface area contributed by atoms with E-state index in [9.17, 15) is 48.6 Å². The van der Waals surface area contributed by atoms with Gasteiger partial charge in [0.15, 0.2) is 59.6 Å². The summed E-state index contributed by atoms with van der Waals surface area (Å²) < 4.78 is 14.7. The van der Waals surface area contributed by atoms with E-state index in [1.165, 1.54) is 58.3 Å². The predicted molar refractivity (Wildman–Crippen MR) is 294 cm³/mol. The van der Waals surface area contributed by atoms with Gasteiger partial charge in [0.2, 0.25) is 5.91 Å². The maximum Gasteiger partial charge on any atom is 0.352 e. The summed E-state index contributed by atoms with van der Waals surface area (Å²) >= 11 is 4.79. The zero-order chi connectivity index (χ0) is 58.1. The molecule has 4 unspecified atom stereocenters. The number of thiazole rings is 2. The summed E-state index contributed by atoms with van der Waals surface area (Å²) in [7, 11) is 2.51. The molecule has 4 aromatic heterocycles. The van der Waals surface area contributed by atoms with Crippen LogP contribution < -0.4 is 36.1 Å².